The highest BCUT2D eigenvalue weighted by molar-refractivity contribution is 5.82. The monoisotopic (exact) mass is 404 g/mol. The van der Waals surface area contributed by atoms with Crippen molar-refractivity contribution >= 4 is 17.6 Å². The molecule has 0 saturated carbocycles. The van der Waals surface area contributed by atoms with Gasteiger partial charge in [-0.1, -0.05) is 6.07 Å². The molecule has 2 fully saturated rings. The number of piperidine rings is 1. The number of methoxy groups -OCH3 is 1. The van der Waals surface area contributed by atoms with E-state index in [-0.39, 0.29) is 35.8 Å². The number of Topliss-reactive ketones (excluding diaryl/α,β-unsaturated/α-hetero) is 1. The van der Waals surface area contributed by atoms with Crippen molar-refractivity contribution in [2.75, 3.05) is 20.2 Å². The topological polar surface area (TPSA) is 75.7 Å². The first kappa shape index (κ1) is 21.3. The van der Waals surface area contributed by atoms with Crippen molar-refractivity contribution in [2.24, 2.45) is 5.92 Å². The molecule has 0 spiro atoms. The molecule has 0 bridgehead atoms. The Labute approximate surface area is 170 Å². The molecule has 0 aromatic heterocycles. The average molecular weight is 404 g/mol. The van der Waals surface area contributed by atoms with Gasteiger partial charge in [-0.25, -0.2) is 4.39 Å². The fourth-order valence-electron chi connectivity index (χ4n) is 4.38. The van der Waals surface area contributed by atoms with Gasteiger partial charge >= 0.3 is 0 Å². The lowest BCUT2D eigenvalue weighted by Crippen LogP contribution is -2.46. The largest absolute Gasteiger partial charge is 0.497 e. The van der Waals surface area contributed by atoms with Gasteiger partial charge in [-0.2, -0.15) is 0 Å². The lowest BCUT2D eigenvalue weighted by molar-refractivity contribution is -0.135. The molecule has 2 amide bonds. The van der Waals surface area contributed by atoms with Crippen LogP contribution >= 0.6 is 0 Å². The summed E-state index contributed by atoms with van der Waals surface area (Å²) in [5.41, 5.74) is -0.132. The second kappa shape index (κ2) is 8.93. The molecule has 1 N–H and O–H groups in total. The number of nitrogens with one attached hydrogen (secondary N) is 1. The van der Waals surface area contributed by atoms with E-state index in [0.717, 1.165) is 12.8 Å². The molecule has 3 rings (SSSR count). The average Bonchev–Trinajstić information content (AvgIpc) is 3.08. The van der Waals surface area contributed by atoms with Gasteiger partial charge < -0.3 is 15.0 Å². The third-order valence-electron chi connectivity index (χ3n) is 6.19. The van der Waals surface area contributed by atoms with E-state index in [1.54, 1.807) is 24.0 Å². The standard InChI is InChI=1S/C22H29FN2O4/c1-15(26)17-4-3-11-25(14-17)21(28)8-10-22(9-7-20(27)24-22)13-16-5-6-18(29-2)12-19(16)23/h5-6,12,17H,3-4,7-11,13-14H2,1-2H3,(H,24,27)/t17-,22+/m1/s1. The van der Waals surface area contributed by atoms with Crippen molar-refractivity contribution in [1.82, 2.24) is 10.2 Å². The van der Waals surface area contributed by atoms with Crippen molar-refractivity contribution in [3.8, 4) is 5.75 Å². The van der Waals surface area contributed by atoms with Crippen LogP contribution in [0, 0.1) is 11.7 Å². The molecule has 0 unspecified atom stereocenters. The van der Waals surface area contributed by atoms with Crippen molar-refractivity contribution in [3.63, 3.8) is 0 Å². The highest BCUT2D eigenvalue weighted by Gasteiger charge is 2.39. The fourth-order valence-corrected chi connectivity index (χ4v) is 4.38. The Bertz CT molecular complexity index is 797. The molecule has 158 valence electrons. The summed E-state index contributed by atoms with van der Waals surface area (Å²) in [5.74, 6) is 0.0264. The molecule has 6 nitrogen and oxygen atoms in total. The first-order chi connectivity index (χ1) is 13.8. The van der Waals surface area contributed by atoms with Crippen LogP contribution in [0.3, 0.4) is 0 Å². The van der Waals surface area contributed by atoms with Crippen LogP contribution in [0.1, 0.15) is 51.0 Å². The molecule has 0 radical (unpaired) electrons. The van der Waals surface area contributed by atoms with Crippen molar-refractivity contribution in [3.05, 3.63) is 29.6 Å². The van der Waals surface area contributed by atoms with E-state index in [4.69, 9.17) is 4.74 Å². The summed E-state index contributed by atoms with van der Waals surface area (Å²) < 4.78 is 19.5. The zero-order chi connectivity index (χ0) is 21.0. The number of amides is 2. The Morgan fingerprint density at radius 3 is 2.79 bits per heavy atom. The van der Waals surface area contributed by atoms with Crippen molar-refractivity contribution in [2.45, 2.75) is 57.4 Å². The fraction of sp³-hybridized carbons (Fsp3) is 0.591. The first-order valence-electron chi connectivity index (χ1n) is 10.2. The molecule has 2 aliphatic heterocycles. The zero-order valence-corrected chi connectivity index (χ0v) is 17.1. The number of likely N-dealkylation sites (tertiary alicyclic amines) is 1. The summed E-state index contributed by atoms with van der Waals surface area (Å²) in [5, 5.41) is 3.00. The van der Waals surface area contributed by atoms with Crippen LogP contribution in [-0.4, -0.2) is 48.2 Å². The van der Waals surface area contributed by atoms with Gasteiger partial charge in [0, 0.05) is 43.5 Å². The SMILES string of the molecule is COc1ccc(C[C@@]2(CCC(=O)N3CCC[C@@H](C(C)=O)C3)CCC(=O)N2)c(F)c1. The van der Waals surface area contributed by atoms with Gasteiger partial charge in [0.1, 0.15) is 17.3 Å². The number of rotatable bonds is 7. The number of carbonyl (C=O) groups excluding carboxylic acids is 3. The normalized spacial score (nSPS) is 24.3. The molecule has 1 aromatic carbocycles. The first-order valence-corrected chi connectivity index (χ1v) is 10.2. The van der Waals surface area contributed by atoms with Crippen LogP contribution in [0.25, 0.3) is 0 Å². The van der Waals surface area contributed by atoms with E-state index in [9.17, 15) is 18.8 Å². The second-order valence-electron chi connectivity index (χ2n) is 8.25. The maximum absolute atomic E-state index is 14.5. The lowest BCUT2D eigenvalue weighted by Gasteiger charge is -2.34. The van der Waals surface area contributed by atoms with Crippen LogP contribution < -0.4 is 10.1 Å². The lowest BCUT2D eigenvalue weighted by atomic mass is 9.84. The highest BCUT2D eigenvalue weighted by atomic mass is 19.1. The number of benzene rings is 1. The van der Waals surface area contributed by atoms with E-state index < -0.39 is 5.54 Å². The van der Waals surface area contributed by atoms with Crippen LogP contribution in [-0.2, 0) is 20.8 Å². The van der Waals surface area contributed by atoms with Gasteiger partial charge in [0.05, 0.1) is 7.11 Å². The van der Waals surface area contributed by atoms with Gasteiger partial charge in [-0.3, -0.25) is 14.4 Å². The predicted octanol–water partition coefficient (Wildman–Crippen LogP) is 2.63. The van der Waals surface area contributed by atoms with E-state index in [0.29, 0.717) is 50.1 Å². The Kier molecular flexibility index (Phi) is 6.55. The summed E-state index contributed by atoms with van der Waals surface area (Å²) in [6.45, 7) is 2.71. The number of ether oxygens (including phenoxy) is 1. The maximum atomic E-state index is 14.5. The number of halogens is 1. The molecule has 7 heteroatoms. The van der Waals surface area contributed by atoms with E-state index in [2.05, 4.69) is 5.32 Å². The van der Waals surface area contributed by atoms with E-state index >= 15 is 0 Å². The third-order valence-corrected chi connectivity index (χ3v) is 6.19. The number of hydrogen-bond acceptors (Lipinski definition) is 4. The van der Waals surface area contributed by atoms with Crippen LogP contribution in [0.5, 0.6) is 5.75 Å². The van der Waals surface area contributed by atoms with Crippen LogP contribution in [0.15, 0.2) is 18.2 Å². The Morgan fingerprint density at radius 1 is 1.38 bits per heavy atom. The minimum absolute atomic E-state index is 0.00771. The van der Waals surface area contributed by atoms with Crippen LogP contribution in [0.2, 0.25) is 0 Å². The van der Waals surface area contributed by atoms with Gasteiger partial charge in [-0.05, 0) is 50.7 Å². The number of nitrogens with zero attached hydrogens (tertiary/aromatic N) is 1. The summed E-state index contributed by atoms with van der Waals surface area (Å²) in [6, 6.07) is 4.70. The zero-order valence-electron chi connectivity index (χ0n) is 17.1. The number of hydrogen-bond donors (Lipinski definition) is 1. The predicted molar refractivity (Wildman–Crippen MR) is 106 cm³/mol. The quantitative estimate of drug-likeness (QED) is 0.758. The van der Waals surface area contributed by atoms with Gasteiger partial charge in [0.25, 0.3) is 0 Å². The molecule has 2 aliphatic rings. The molecule has 2 heterocycles. The van der Waals surface area contributed by atoms with E-state index in [1.807, 2.05) is 0 Å². The molecule has 2 saturated heterocycles. The Balaban J connectivity index is 1.67. The smallest absolute Gasteiger partial charge is 0.222 e. The van der Waals surface area contributed by atoms with Gasteiger partial charge in [-0.15, -0.1) is 0 Å². The minimum atomic E-state index is -0.627. The minimum Gasteiger partial charge on any atom is -0.497 e. The second-order valence-corrected chi connectivity index (χ2v) is 8.25. The highest BCUT2D eigenvalue weighted by Crippen LogP contribution is 2.32. The molecular formula is C22H29FN2O4. The van der Waals surface area contributed by atoms with Gasteiger partial charge in [0.15, 0.2) is 0 Å². The summed E-state index contributed by atoms with van der Waals surface area (Å²) >= 11 is 0. The molecule has 2 atom stereocenters. The Hall–Kier alpha value is -2.44. The van der Waals surface area contributed by atoms with Crippen LogP contribution in [0.4, 0.5) is 4.39 Å². The van der Waals surface area contributed by atoms with E-state index in [1.165, 1.54) is 13.2 Å². The third kappa shape index (κ3) is 5.14. The number of ketones is 1. The molecule has 1 aromatic rings. The molecular weight excluding hydrogens is 375 g/mol. The Morgan fingerprint density at radius 2 is 2.17 bits per heavy atom. The van der Waals surface area contributed by atoms with Gasteiger partial charge in [0.2, 0.25) is 11.8 Å². The molecule has 0 aliphatic carbocycles. The summed E-state index contributed by atoms with van der Waals surface area (Å²) in [7, 11) is 1.48. The van der Waals surface area contributed by atoms with Crippen molar-refractivity contribution < 1.29 is 23.5 Å². The number of carbonyl (C=O) groups is 3. The molecule has 29 heavy (non-hydrogen) atoms. The van der Waals surface area contributed by atoms with Crippen molar-refractivity contribution in [1.29, 1.82) is 0 Å². The maximum Gasteiger partial charge on any atom is 0.222 e. The summed E-state index contributed by atoms with van der Waals surface area (Å²) in [6.07, 6.45) is 3.65. The summed E-state index contributed by atoms with van der Waals surface area (Å²) in [4.78, 5) is 38.1.